The highest BCUT2D eigenvalue weighted by molar-refractivity contribution is 5.29. The maximum Gasteiger partial charge on any atom is 0.142 e. The number of unbranched alkanes of at least 4 members (excludes halogenated alkanes) is 3. The number of hydrogen-bond acceptors (Lipinski definition) is 3. The van der Waals surface area contributed by atoms with Crippen LogP contribution in [0.15, 0.2) is 18.5 Å². The monoisotopic (exact) mass is 250 g/mol. The minimum absolute atomic E-state index is 0.265. The van der Waals surface area contributed by atoms with E-state index >= 15 is 0 Å². The number of nitrogens with one attached hydrogen (secondary N) is 1. The lowest BCUT2D eigenvalue weighted by molar-refractivity contribution is 0.203. The highest BCUT2D eigenvalue weighted by atomic mass is 16.5. The molecule has 0 bridgehead atoms. The van der Waals surface area contributed by atoms with Crippen molar-refractivity contribution in [3.8, 4) is 5.75 Å². The molecule has 0 aliphatic rings. The van der Waals surface area contributed by atoms with Gasteiger partial charge in [-0.3, -0.25) is 4.98 Å². The van der Waals surface area contributed by atoms with Crippen molar-refractivity contribution in [1.82, 2.24) is 10.3 Å². The topological polar surface area (TPSA) is 34.1 Å². The van der Waals surface area contributed by atoms with Gasteiger partial charge in [-0.2, -0.15) is 0 Å². The van der Waals surface area contributed by atoms with Crippen LogP contribution in [-0.4, -0.2) is 18.1 Å². The zero-order valence-corrected chi connectivity index (χ0v) is 11.9. The molecule has 0 aromatic carbocycles. The number of ether oxygens (including phenoxy) is 1. The van der Waals surface area contributed by atoms with Gasteiger partial charge >= 0.3 is 0 Å². The molecule has 1 unspecified atom stereocenters. The molecule has 1 atom stereocenters. The average molecular weight is 250 g/mol. The number of nitrogens with zero attached hydrogens (tertiary/aromatic N) is 1. The van der Waals surface area contributed by atoms with E-state index < -0.39 is 0 Å². The largest absolute Gasteiger partial charge is 0.489 e. The Hall–Kier alpha value is -1.09. The van der Waals surface area contributed by atoms with Crippen LogP contribution in [-0.2, 0) is 6.54 Å². The van der Waals surface area contributed by atoms with Crippen LogP contribution in [0.5, 0.6) is 5.75 Å². The van der Waals surface area contributed by atoms with Crippen molar-refractivity contribution in [1.29, 1.82) is 0 Å². The van der Waals surface area contributed by atoms with Crippen molar-refractivity contribution in [2.24, 2.45) is 0 Å². The molecule has 0 aliphatic carbocycles. The summed E-state index contributed by atoms with van der Waals surface area (Å²) in [6.07, 6.45) is 10.2. The first-order valence-electron chi connectivity index (χ1n) is 7.02. The Balaban J connectivity index is 2.40. The van der Waals surface area contributed by atoms with E-state index in [1.807, 2.05) is 25.5 Å². The van der Waals surface area contributed by atoms with E-state index in [1.165, 1.54) is 31.2 Å². The predicted octanol–water partition coefficient (Wildman–Crippen LogP) is 3.54. The molecule has 1 N–H and O–H groups in total. The van der Waals surface area contributed by atoms with Crippen LogP contribution >= 0.6 is 0 Å². The van der Waals surface area contributed by atoms with Crippen molar-refractivity contribution in [2.45, 2.75) is 58.6 Å². The Bertz CT molecular complexity index is 328. The molecule has 18 heavy (non-hydrogen) atoms. The van der Waals surface area contributed by atoms with Crippen LogP contribution < -0.4 is 10.1 Å². The molecule has 0 aliphatic heterocycles. The molecule has 0 spiro atoms. The molecule has 1 heterocycles. The lowest BCUT2D eigenvalue weighted by atomic mass is 10.1. The van der Waals surface area contributed by atoms with Gasteiger partial charge in [-0.15, -0.1) is 0 Å². The Kier molecular flexibility index (Phi) is 7.42. The summed E-state index contributed by atoms with van der Waals surface area (Å²) in [6, 6.07) is 2.01. The molecule has 0 fully saturated rings. The molecule has 102 valence electrons. The highest BCUT2D eigenvalue weighted by Crippen LogP contribution is 2.19. The fraction of sp³-hybridized carbons (Fsp3) is 0.667. The lowest BCUT2D eigenvalue weighted by Crippen LogP contribution is -2.14. The van der Waals surface area contributed by atoms with E-state index in [0.29, 0.717) is 0 Å². The van der Waals surface area contributed by atoms with Crippen LogP contribution in [0.4, 0.5) is 0 Å². The van der Waals surface area contributed by atoms with Gasteiger partial charge < -0.3 is 10.1 Å². The van der Waals surface area contributed by atoms with E-state index in [1.54, 1.807) is 0 Å². The first-order chi connectivity index (χ1) is 8.77. The van der Waals surface area contributed by atoms with Gasteiger partial charge in [0.15, 0.2) is 0 Å². The molecule has 3 heteroatoms. The third kappa shape index (κ3) is 5.50. The molecular formula is C15H26N2O. The maximum absolute atomic E-state index is 5.98. The molecule has 0 amide bonds. The van der Waals surface area contributed by atoms with Crippen LogP contribution in [0.2, 0.25) is 0 Å². The third-order valence-electron chi connectivity index (χ3n) is 3.03. The van der Waals surface area contributed by atoms with Crippen molar-refractivity contribution in [3.05, 3.63) is 24.0 Å². The minimum atomic E-state index is 0.265. The quantitative estimate of drug-likeness (QED) is 0.681. The zero-order chi connectivity index (χ0) is 13.2. The van der Waals surface area contributed by atoms with E-state index in [9.17, 15) is 0 Å². The Morgan fingerprint density at radius 2 is 2.17 bits per heavy atom. The van der Waals surface area contributed by atoms with Crippen molar-refractivity contribution >= 4 is 0 Å². The second-order valence-corrected chi connectivity index (χ2v) is 4.79. The summed E-state index contributed by atoms with van der Waals surface area (Å²) < 4.78 is 5.98. The first-order valence-corrected chi connectivity index (χ1v) is 7.02. The standard InChI is InChI=1S/C15H26N2O/c1-4-5-6-7-8-13(2)18-15-12-17-10-9-14(15)11-16-3/h9-10,12-13,16H,4-8,11H2,1-3H3. The van der Waals surface area contributed by atoms with Gasteiger partial charge in [-0.1, -0.05) is 26.2 Å². The first kappa shape index (κ1) is 15.0. The average Bonchev–Trinajstić information content (AvgIpc) is 2.37. The lowest BCUT2D eigenvalue weighted by Gasteiger charge is -2.17. The van der Waals surface area contributed by atoms with Gasteiger partial charge in [0.25, 0.3) is 0 Å². The van der Waals surface area contributed by atoms with Gasteiger partial charge in [-0.05, 0) is 32.9 Å². The molecule has 3 nitrogen and oxygen atoms in total. The van der Waals surface area contributed by atoms with Crippen LogP contribution in [0.3, 0.4) is 0 Å². The summed E-state index contributed by atoms with van der Waals surface area (Å²) >= 11 is 0. The summed E-state index contributed by atoms with van der Waals surface area (Å²) in [4.78, 5) is 4.14. The van der Waals surface area contributed by atoms with E-state index in [-0.39, 0.29) is 6.10 Å². The summed E-state index contributed by atoms with van der Waals surface area (Å²) in [5, 5.41) is 3.15. The Morgan fingerprint density at radius 1 is 1.33 bits per heavy atom. The smallest absolute Gasteiger partial charge is 0.142 e. The number of aromatic nitrogens is 1. The van der Waals surface area contributed by atoms with Crippen LogP contribution in [0.25, 0.3) is 0 Å². The summed E-state index contributed by atoms with van der Waals surface area (Å²) in [5.41, 5.74) is 1.17. The normalized spacial score (nSPS) is 12.4. The fourth-order valence-electron chi connectivity index (χ4n) is 1.99. The van der Waals surface area contributed by atoms with Crippen LogP contribution in [0, 0.1) is 0 Å². The second kappa shape index (κ2) is 8.92. The van der Waals surface area contributed by atoms with Crippen molar-refractivity contribution in [3.63, 3.8) is 0 Å². The highest BCUT2D eigenvalue weighted by Gasteiger charge is 2.07. The minimum Gasteiger partial charge on any atom is -0.489 e. The van der Waals surface area contributed by atoms with Gasteiger partial charge in [0.05, 0.1) is 12.3 Å². The fourth-order valence-corrected chi connectivity index (χ4v) is 1.99. The van der Waals surface area contributed by atoms with Gasteiger partial charge in [0.1, 0.15) is 5.75 Å². The summed E-state index contributed by atoms with van der Waals surface area (Å²) in [5.74, 6) is 0.912. The molecule has 1 aromatic heterocycles. The SMILES string of the molecule is CCCCCCC(C)Oc1cnccc1CNC. The van der Waals surface area contributed by atoms with Crippen LogP contribution in [0.1, 0.15) is 51.5 Å². The number of hydrogen-bond donors (Lipinski definition) is 1. The molecule has 1 aromatic rings. The third-order valence-corrected chi connectivity index (χ3v) is 3.03. The molecule has 0 saturated heterocycles. The van der Waals surface area contributed by atoms with E-state index in [2.05, 4.69) is 24.1 Å². The van der Waals surface area contributed by atoms with Gasteiger partial charge in [0, 0.05) is 18.3 Å². The zero-order valence-electron chi connectivity index (χ0n) is 11.9. The number of pyridine rings is 1. The molecular weight excluding hydrogens is 224 g/mol. The van der Waals surface area contributed by atoms with Crippen molar-refractivity contribution in [2.75, 3.05) is 7.05 Å². The number of rotatable bonds is 9. The molecule has 1 rings (SSSR count). The van der Waals surface area contributed by atoms with Gasteiger partial charge in [-0.25, -0.2) is 0 Å². The maximum atomic E-state index is 5.98. The predicted molar refractivity (Wildman–Crippen MR) is 75.8 cm³/mol. The molecule has 0 saturated carbocycles. The molecule has 0 radical (unpaired) electrons. The summed E-state index contributed by atoms with van der Waals surface area (Å²) in [6.45, 7) is 5.20. The Morgan fingerprint density at radius 3 is 2.89 bits per heavy atom. The van der Waals surface area contributed by atoms with E-state index in [0.717, 1.165) is 18.7 Å². The Labute approximate surface area is 111 Å². The second-order valence-electron chi connectivity index (χ2n) is 4.79. The summed E-state index contributed by atoms with van der Waals surface area (Å²) in [7, 11) is 1.94. The van der Waals surface area contributed by atoms with Gasteiger partial charge in [0.2, 0.25) is 0 Å². The van der Waals surface area contributed by atoms with Crippen molar-refractivity contribution < 1.29 is 4.74 Å². The van der Waals surface area contributed by atoms with E-state index in [4.69, 9.17) is 4.74 Å².